The topological polar surface area (TPSA) is 96.5 Å². The number of benzene rings is 2. The van der Waals surface area contributed by atoms with Gasteiger partial charge in [0.05, 0.1) is 45.3 Å². The van der Waals surface area contributed by atoms with Gasteiger partial charge in [-0.3, -0.25) is 19.7 Å². The number of esters is 1. The van der Waals surface area contributed by atoms with E-state index in [0.29, 0.717) is 45.0 Å². The van der Waals surface area contributed by atoms with Crippen molar-refractivity contribution >= 4 is 17.9 Å². The Balaban J connectivity index is 1.75. The van der Waals surface area contributed by atoms with Crippen molar-refractivity contribution in [3.8, 4) is 11.8 Å². The lowest BCUT2D eigenvalue weighted by Crippen LogP contribution is -2.52. The van der Waals surface area contributed by atoms with Crippen LogP contribution in [0.5, 0.6) is 5.75 Å². The van der Waals surface area contributed by atoms with Gasteiger partial charge in [-0.25, -0.2) is 4.39 Å². The molecule has 0 saturated carbocycles. The molecule has 39 heavy (non-hydrogen) atoms. The molecule has 4 rings (SSSR count). The second kappa shape index (κ2) is 13.3. The predicted octanol–water partition coefficient (Wildman–Crippen LogP) is 3.80. The third-order valence-electron chi connectivity index (χ3n) is 6.73. The Morgan fingerprint density at radius 3 is 2.51 bits per heavy atom. The minimum absolute atomic E-state index is 0.147. The molecule has 2 aliphatic rings. The highest BCUT2D eigenvalue weighted by molar-refractivity contribution is 6.13. The lowest BCUT2D eigenvalue weighted by atomic mass is 9.84. The largest absolute Gasteiger partial charge is 0.497 e. The average molecular weight is 533 g/mol. The number of morpholine rings is 1. The fourth-order valence-corrected chi connectivity index (χ4v) is 4.76. The quantitative estimate of drug-likeness (QED) is 0.323. The molecule has 2 unspecified atom stereocenters. The van der Waals surface area contributed by atoms with Crippen molar-refractivity contribution < 1.29 is 23.4 Å². The number of rotatable bonds is 11. The molecular formula is C30H33FN4O4. The molecule has 0 amide bonds. The van der Waals surface area contributed by atoms with E-state index in [1.54, 1.807) is 32.4 Å². The molecule has 2 aromatic rings. The van der Waals surface area contributed by atoms with E-state index in [2.05, 4.69) is 11.0 Å². The number of carbonyl (C=O) groups excluding carboxylic acids is 1. The molecule has 2 heterocycles. The van der Waals surface area contributed by atoms with Crippen molar-refractivity contribution in [2.24, 2.45) is 15.9 Å². The highest BCUT2D eigenvalue weighted by atomic mass is 19.1. The van der Waals surface area contributed by atoms with Crippen LogP contribution in [0.15, 0.2) is 70.2 Å². The lowest BCUT2D eigenvalue weighted by molar-refractivity contribution is -0.144. The number of carbonyl (C=O) groups is 1. The molecule has 8 nitrogen and oxygen atoms in total. The summed E-state index contributed by atoms with van der Waals surface area (Å²) < 4.78 is 29.5. The highest BCUT2D eigenvalue weighted by Gasteiger charge is 2.44. The predicted molar refractivity (Wildman–Crippen MR) is 147 cm³/mol. The first-order chi connectivity index (χ1) is 19.0. The van der Waals surface area contributed by atoms with Gasteiger partial charge in [0.15, 0.2) is 5.92 Å². The van der Waals surface area contributed by atoms with Crippen LogP contribution in [0.1, 0.15) is 18.1 Å². The van der Waals surface area contributed by atoms with E-state index in [1.165, 1.54) is 12.1 Å². The van der Waals surface area contributed by atoms with Crippen LogP contribution >= 0.6 is 0 Å². The lowest BCUT2D eigenvalue weighted by Gasteiger charge is -2.36. The molecule has 1 saturated heterocycles. The Hall–Kier alpha value is -3.87. The Labute approximate surface area is 228 Å². The third-order valence-corrected chi connectivity index (χ3v) is 6.73. The molecule has 0 bridgehead atoms. The van der Waals surface area contributed by atoms with Gasteiger partial charge < -0.3 is 14.2 Å². The van der Waals surface area contributed by atoms with Crippen LogP contribution in [0.3, 0.4) is 0 Å². The standard InChI is InChI=1S/C30H33FN4O4/c1-3-39-29(36)27(18-32)28(33-19-23-6-10-26(37-2)11-7-23)30(21-35-12-14-38-15-13-35)17-24(20-34-30)16-22-4-8-25(31)9-5-22/h4-11,17,20,27H,3,12-16,19,21H2,1-2H3. The van der Waals surface area contributed by atoms with Gasteiger partial charge in [0.1, 0.15) is 17.1 Å². The van der Waals surface area contributed by atoms with Gasteiger partial charge >= 0.3 is 5.97 Å². The zero-order valence-electron chi connectivity index (χ0n) is 22.3. The summed E-state index contributed by atoms with van der Waals surface area (Å²) in [5, 5.41) is 10.2. The van der Waals surface area contributed by atoms with Gasteiger partial charge in [-0.15, -0.1) is 0 Å². The maximum atomic E-state index is 13.5. The zero-order chi connectivity index (χ0) is 27.7. The van der Waals surface area contributed by atoms with Crippen LogP contribution in [-0.4, -0.2) is 74.9 Å². The number of aliphatic imine (C=N–C) groups is 2. The zero-order valence-corrected chi connectivity index (χ0v) is 22.3. The molecule has 2 aliphatic heterocycles. The maximum absolute atomic E-state index is 13.5. The van der Waals surface area contributed by atoms with Gasteiger partial charge in [0.2, 0.25) is 0 Å². The maximum Gasteiger partial charge on any atom is 0.329 e. The Morgan fingerprint density at radius 1 is 1.18 bits per heavy atom. The Bertz CT molecular complexity index is 1260. The summed E-state index contributed by atoms with van der Waals surface area (Å²) in [5.74, 6) is -1.45. The second-order valence-corrected chi connectivity index (χ2v) is 9.46. The first-order valence-electron chi connectivity index (χ1n) is 13.0. The molecule has 9 heteroatoms. The van der Waals surface area contributed by atoms with Gasteiger partial charge in [0.25, 0.3) is 0 Å². The van der Waals surface area contributed by atoms with Gasteiger partial charge in [-0.2, -0.15) is 5.26 Å². The molecule has 0 aliphatic carbocycles. The molecule has 0 aromatic heterocycles. The first kappa shape index (κ1) is 28.1. The molecule has 0 spiro atoms. The summed E-state index contributed by atoms with van der Waals surface area (Å²) in [5.41, 5.74) is 2.01. The van der Waals surface area contributed by atoms with E-state index in [9.17, 15) is 14.4 Å². The second-order valence-electron chi connectivity index (χ2n) is 9.46. The van der Waals surface area contributed by atoms with Crippen LogP contribution in [0.2, 0.25) is 0 Å². The van der Waals surface area contributed by atoms with E-state index in [-0.39, 0.29) is 19.0 Å². The number of allylic oxidation sites excluding steroid dienone is 1. The number of nitrogens with zero attached hydrogens (tertiary/aromatic N) is 4. The van der Waals surface area contributed by atoms with Crippen LogP contribution in [0.25, 0.3) is 0 Å². The molecule has 0 N–H and O–H groups in total. The fraction of sp³-hybridized carbons (Fsp3) is 0.400. The van der Waals surface area contributed by atoms with Crippen LogP contribution in [-0.2, 0) is 27.2 Å². The van der Waals surface area contributed by atoms with Crippen LogP contribution in [0.4, 0.5) is 4.39 Å². The minimum atomic E-state index is -1.23. The summed E-state index contributed by atoms with van der Waals surface area (Å²) in [7, 11) is 1.60. The fourth-order valence-electron chi connectivity index (χ4n) is 4.76. The summed E-state index contributed by atoms with van der Waals surface area (Å²) in [6.07, 6.45) is 4.28. The summed E-state index contributed by atoms with van der Waals surface area (Å²) in [4.78, 5) is 25.0. The van der Waals surface area contributed by atoms with E-state index in [1.807, 2.05) is 30.3 Å². The minimum Gasteiger partial charge on any atom is -0.497 e. The molecule has 2 aromatic carbocycles. The summed E-state index contributed by atoms with van der Waals surface area (Å²) in [6, 6.07) is 15.9. The normalized spacial score (nSPS) is 20.3. The third kappa shape index (κ3) is 7.16. The molecule has 2 atom stereocenters. The number of nitriles is 1. The number of halogens is 1. The van der Waals surface area contributed by atoms with Crippen molar-refractivity contribution in [3.05, 3.63) is 77.1 Å². The van der Waals surface area contributed by atoms with Crippen molar-refractivity contribution in [3.63, 3.8) is 0 Å². The van der Waals surface area contributed by atoms with Crippen molar-refractivity contribution in [2.45, 2.75) is 25.4 Å². The number of hydrogen-bond donors (Lipinski definition) is 0. The Kier molecular flexibility index (Phi) is 9.58. The van der Waals surface area contributed by atoms with Crippen LogP contribution in [0, 0.1) is 23.1 Å². The first-order valence-corrected chi connectivity index (χ1v) is 13.0. The number of hydrogen-bond acceptors (Lipinski definition) is 8. The van der Waals surface area contributed by atoms with E-state index in [0.717, 1.165) is 22.4 Å². The monoisotopic (exact) mass is 532 g/mol. The molecule has 0 radical (unpaired) electrons. The van der Waals surface area contributed by atoms with Gasteiger partial charge in [-0.05, 0) is 60.4 Å². The smallest absolute Gasteiger partial charge is 0.329 e. The van der Waals surface area contributed by atoms with E-state index >= 15 is 0 Å². The van der Waals surface area contributed by atoms with Crippen molar-refractivity contribution in [1.29, 1.82) is 5.26 Å². The van der Waals surface area contributed by atoms with E-state index < -0.39 is 17.4 Å². The molecule has 1 fully saturated rings. The summed E-state index contributed by atoms with van der Waals surface area (Å²) >= 11 is 0. The SMILES string of the molecule is CCOC(=O)C(C#N)C(=NCc1ccc(OC)cc1)C1(CN2CCOCC2)C=C(Cc2ccc(F)cc2)C=N1. The number of methoxy groups -OCH3 is 1. The van der Waals surface area contributed by atoms with Crippen molar-refractivity contribution in [2.75, 3.05) is 46.6 Å². The average Bonchev–Trinajstić information content (AvgIpc) is 3.36. The Morgan fingerprint density at radius 2 is 1.87 bits per heavy atom. The molecule has 204 valence electrons. The van der Waals surface area contributed by atoms with E-state index in [4.69, 9.17) is 24.2 Å². The highest BCUT2D eigenvalue weighted by Crippen LogP contribution is 2.31. The van der Waals surface area contributed by atoms with Crippen molar-refractivity contribution in [1.82, 2.24) is 4.90 Å². The van der Waals surface area contributed by atoms with Crippen LogP contribution < -0.4 is 4.74 Å². The van der Waals surface area contributed by atoms with Gasteiger partial charge in [-0.1, -0.05) is 24.3 Å². The molecular weight excluding hydrogens is 499 g/mol. The number of ether oxygens (including phenoxy) is 3. The summed E-state index contributed by atoms with van der Waals surface area (Å²) in [6.45, 7) is 5.10. The van der Waals surface area contributed by atoms with Gasteiger partial charge in [0, 0.05) is 25.8 Å².